The van der Waals surface area contributed by atoms with Crippen molar-refractivity contribution >= 4 is 21.6 Å². The topological polar surface area (TPSA) is 78.5 Å². The van der Waals surface area contributed by atoms with Crippen molar-refractivity contribution in [2.45, 2.75) is 42.2 Å². The summed E-state index contributed by atoms with van der Waals surface area (Å²) in [6.45, 7) is 4.60. The predicted octanol–water partition coefficient (Wildman–Crippen LogP) is 6.41. The van der Waals surface area contributed by atoms with Crippen LogP contribution in [0.2, 0.25) is 0 Å². The van der Waals surface area contributed by atoms with Gasteiger partial charge in [0.2, 0.25) is 15.9 Å². The van der Waals surface area contributed by atoms with Crippen LogP contribution in [-0.4, -0.2) is 43.8 Å². The molecule has 45 heavy (non-hydrogen) atoms. The van der Waals surface area contributed by atoms with Gasteiger partial charge in [-0.1, -0.05) is 54.6 Å². The highest BCUT2D eigenvalue weighted by atomic mass is 32.2. The molecule has 2 atom stereocenters. The Bertz CT molecular complexity index is 1690. The summed E-state index contributed by atoms with van der Waals surface area (Å²) in [5.74, 6) is -2.30. The van der Waals surface area contributed by atoms with E-state index in [-0.39, 0.29) is 35.4 Å². The Morgan fingerprint density at radius 3 is 2.11 bits per heavy atom. The first-order valence-electron chi connectivity index (χ1n) is 14.7. The largest absolute Gasteiger partial charge is 0.326 e. The van der Waals surface area contributed by atoms with E-state index < -0.39 is 51.4 Å². The lowest BCUT2D eigenvalue weighted by Crippen LogP contribution is -2.58. The number of halogens is 3. The average molecular weight is 634 g/mol. The van der Waals surface area contributed by atoms with Crippen LogP contribution in [0, 0.1) is 17.5 Å². The number of anilines is 1. The van der Waals surface area contributed by atoms with Gasteiger partial charge in [-0.15, -0.1) is 6.58 Å². The second kappa shape index (κ2) is 14.2. The van der Waals surface area contributed by atoms with Gasteiger partial charge in [0.25, 0.3) is 0 Å². The van der Waals surface area contributed by atoms with Gasteiger partial charge in [0.1, 0.15) is 17.5 Å². The fraction of sp³-hybridized carbons (Fsp3) is 0.229. The lowest BCUT2D eigenvalue weighted by atomic mass is 9.88. The van der Waals surface area contributed by atoms with E-state index in [0.717, 1.165) is 0 Å². The fourth-order valence-corrected chi connectivity index (χ4v) is 7.63. The molecule has 0 spiro atoms. The molecule has 10 heteroatoms. The van der Waals surface area contributed by atoms with Crippen LogP contribution in [-0.2, 0) is 21.2 Å². The number of benzene rings is 4. The van der Waals surface area contributed by atoms with Crippen LogP contribution >= 0.6 is 0 Å². The Balaban J connectivity index is 1.36. The molecule has 0 aliphatic carbocycles. The minimum atomic E-state index is -3.88. The number of nitrogens with one attached hydrogen (secondary N) is 2. The van der Waals surface area contributed by atoms with Gasteiger partial charge in [0.15, 0.2) is 0 Å². The molecule has 0 radical (unpaired) electrons. The summed E-state index contributed by atoms with van der Waals surface area (Å²) in [6, 6.07) is 23.1. The van der Waals surface area contributed by atoms with E-state index >= 15 is 4.39 Å². The third-order valence-electron chi connectivity index (χ3n) is 8.07. The quantitative estimate of drug-likeness (QED) is 0.187. The van der Waals surface area contributed by atoms with E-state index in [1.54, 1.807) is 66.7 Å². The number of piperazine rings is 1. The van der Waals surface area contributed by atoms with Gasteiger partial charge >= 0.3 is 0 Å². The SMILES string of the molecule is C=C[C@H]1CNC[C@@H](CCc2c(F)cccc2NC(=O)CC(c2ccc(F)cc2)c2ccc(F)cc2)N1S(=O)(=O)c1ccccc1. The van der Waals surface area contributed by atoms with Crippen molar-refractivity contribution in [2.24, 2.45) is 0 Å². The number of nitrogens with zero attached hydrogens (tertiary/aromatic N) is 1. The average Bonchev–Trinajstić information content (AvgIpc) is 3.04. The zero-order chi connectivity index (χ0) is 32.0. The maximum atomic E-state index is 15.3. The molecule has 1 fully saturated rings. The van der Waals surface area contributed by atoms with Crippen molar-refractivity contribution in [3.8, 4) is 0 Å². The summed E-state index contributed by atoms with van der Waals surface area (Å²) in [7, 11) is -3.88. The van der Waals surface area contributed by atoms with Crippen LogP contribution < -0.4 is 10.6 Å². The number of carbonyl (C=O) groups excluding carboxylic acids is 1. The van der Waals surface area contributed by atoms with E-state index in [0.29, 0.717) is 24.2 Å². The van der Waals surface area contributed by atoms with Crippen LogP contribution in [0.3, 0.4) is 0 Å². The number of amides is 1. The van der Waals surface area contributed by atoms with E-state index in [1.165, 1.54) is 40.7 Å². The lowest BCUT2D eigenvalue weighted by Gasteiger charge is -2.40. The molecule has 0 saturated carbocycles. The van der Waals surface area contributed by atoms with Gasteiger partial charge in [-0.3, -0.25) is 4.79 Å². The van der Waals surface area contributed by atoms with Gasteiger partial charge in [-0.25, -0.2) is 21.6 Å². The number of hydrogen-bond donors (Lipinski definition) is 2. The van der Waals surface area contributed by atoms with Crippen molar-refractivity contribution in [3.63, 3.8) is 0 Å². The molecule has 1 heterocycles. The third kappa shape index (κ3) is 7.53. The minimum Gasteiger partial charge on any atom is -0.326 e. The Morgan fingerprint density at radius 1 is 0.889 bits per heavy atom. The van der Waals surface area contributed by atoms with Gasteiger partial charge in [-0.2, -0.15) is 4.31 Å². The first kappa shape index (κ1) is 32.2. The van der Waals surface area contributed by atoms with E-state index in [2.05, 4.69) is 17.2 Å². The molecule has 4 aromatic carbocycles. The van der Waals surface area contributed by atoms with Crippen LogP contribution in [0.4, 0.5) is 18.9 Å². The van der Waals surface area contributed by atoms with E-state index in [1.807, 2.05) is 0 Å². The van der Waals surface area contributed by atoms with Gasteiger partial charge in [0.05, 0.1) is 10.9 Å². The van der Waals surface area contributed by atoms with E-state index in [4.69, 9.17) is 0 Å². The van der Waals surface area contributed by atoms with Crippen LogP contribution in [0.25, 0.3) is 0 Å². The second-order valence-corrected chi connectivity index (χ2v) is 12.8. The summed E-state index contributed by atoms with van der Waals surface area (Å²) in [5, 5.41) is 6.09. The summed E-state index contributed by atoms with van der Waals surface area (Å²) in [4.78, 5) is 13.6. The van der Waals surface area contributed by atoms with Crippen molar-refractivity contribution < 1.29 is 26.4 Å². The standard InChI is InChI=1S/C35H34F3N3O3S/c1-2-28-22-39-23-29(41(28)45(43,44)30-7-4-3-5-8-30)19-20-31-33(38)9-6-10-34(31)40-35(42)21-32(24-11-15-26(36)16-12-24)25-13-17-27(37)18-14-25/h2-18,28-29,32,39H,1,19-23H2,(H,40,42)/t28-,29+/m0/s1. The van der Waals surface area contributed by atoms with Crippen molar-refractivity contribution in [2.75, 3.05) is 18.4 Å². The van der Waals surface area contributed by atoms with Crippen LogP contribution in [0.5, 0.6) is 0 Å². The highest BCUT2D eigenvalue weighted by molar-refractivity contribution is 7.89. The van der Waals surface area contributed by atoms with Crippen LogP contribution in [0.1, 0.15) is 35.4 Å². The normalized spacial score (nSPS) is 17.2. The highest BCUT2D eigenvalue weighted by Gasteiger charge is 2.38. The molecule has 1 amide bonds. The first-order valence-corrected chi connectivity index (χ1v) is 16.1. The summed E-state index contributed by atoms with van der Waals surface area (Å²) >= 11 is 0. The summed E-state index contributed by atoms with van der Waals surface area (Å²) < 4.78 is 71.4. The number of hydrogen-bond acceptors (Lipinski definition) is 4. The lowest BCUT2D eigenvalue weighted by molar-refractivity contribution is -0.116. The third-order valence-corrected chi connectivity index (χ3v) is 10.1. The predicted molar refractivity (Wildman–Crippen MR) is 169 cm³/mol. The Labute approximate surface area is 261 Å². The monoisotopic (exact) mass is 633 g/mol. The number of rotatable bonds is 11. The van der Waals surface area contributed by atoms with Crippen molar-refractivity contribution in [1.82, 2.24) is 9.62 Å². The maximum Gasteiger partial charge on any atom is 0.243 e. The van der Waals surface area contributed by atoms with E-state index in [9.17, 15) is 22.0 Å². The molecule has 4 aromatic rings. The van der Waals surface area contributed by atoms with Gasteiger partial charge in [-0.05, 0) is 72.5 Å². The molecule has 5 rings (SSSR count). The van der Waals surface area contributed by atoms with Crippen LogP contribution in [0.15, 0.2) is 115 Å². The first-order chi connectivity index (χ1) is 21.7. The minimum absolute atomic E-state index is 0.0656. The molecule has 0 bridgehead atoms. The molecule has 234 valence electrons. The Morgan fingerprint density at radius 2 is 1.51 bits per heavy atom. The zero-order valence-corrected chi connectivity index (χ0v) is 25.3. The Hall–Kier alpha value is -4.25. The van der Waals surface area contributed by atoms with Gasteiger partial charge in [0, 0.05) is 42.7 Å². The maximum absolute atomic E-state index is 15.3. The molecule has 0 unspecified atom stereocenters. The highest BCUT2D eigenvalue weighted by Crippen LogP contribution is 2.31. The van der Waals surface area contributed by atoms with Crippen molar-refractivity contribution in [1.29, 1.82) is 0 Å². The number of sulfonamides is 1. The molecule has 1 aliphatic rings. The van der Waals surface area contributed by atoms with Gasteiger partial charge < -0.3 is 10.6 Å². The second-order valence-electron chi connectivity index (χ2n) is 11.0. The Kier molecular flexibility index (Phi) is 10.2. The summed E-state index contributed by atoms with van der Waals surface area (Å²) in [5.41, 5.74) is 1.86. The molecule has 2 N–H and O–H groups in total. The van der Waals surface area contributed by atoms with Crippen molar-refractivity contribution in [3.05, 3.63) is 144 Å². The molecule has 1 saturated heterocycles. The molecular weight excluding hydrogens is 599 g/mol. The summed E-state index contributed by atoms with van der Waals surface area (Å²) in [6.07, 6.45) is 1.95. The smallest absolute Gasteiger partial charge is 0.243 e. The number of carbonyl (C=O) groups is 1. The molecular formula is C35H34F3N3O3S. The molecule has 1 aliphatic heterocycles. The fourth-order valence-electron chi connectivity index (χ4n) is 5.80. The molecule has 6 nitrogen and oxygen atoms in total. The molecule has 0 aromatic heterocycles. The zero-order valence-electron chi connectivity index (χ0n) is 24.5.